The highest BCUT2D eigenvalue weighted by Crippen LogP contribution is 2.40. The molecule has 0 spiro atoms. The minimum absolute atomic E-state index is 0.0443. The van der Waals surface area contributed by atoms with Crippen molar-refractivity contribution in [3.63, 3.8) is 0 Å². The monoisotopic (exact) mass is 210 g/mol. The van der Waals surface area contributed by atoms with Crippen molar-refractivity contribution in [3.05, 3.63) is 0 Å². The average Bonchev–Trinajstić information content (AvgIpc) is 2.11. The molecule has 5 nitrogen and oxygen atoms in total. The lowest BCUT2D eigenvalue weighted by Crippen LogP contribution is -2.06. The number of hydrogen-bond acceptors (Lipinski definition) is 4. The van der Waals surface area contributed by atoms with E-state index in [0.29, 0.717) is 6.61 Å². The number of rotatable bonds is 6. The van der Waals surface area contributed by atoms with Gasteiger partial charge in [0.15, 0.2) is 0 Å². The quantitative estimate of drug-likeness (QED) is 0.518. The zero-order chi connectivity index (χ0) is 10.3. The van der Waals surface area contributed by atoms with Crippen LogP contribution in [0.3, 0.4) is 0 Å². The van der Waals surface area contributed by atoms with E-state index < -0.39 is 13.3 Å². The minimum atomic E-state index is -3.30. The predicted octanol–water partition coefficient (Wildman–Crippen LogP) is 0.814. The molecule has 6 heteroatoms. The first-order chi connectivity index (χ1) is 6.02. The molecule has 0 bridgehead atoms. The van der Waals surface area contributed by atoms with Crippen molar-refractivity contribution in [2.45, 2.75) is 13.3 Å². The Morgan fingerprint density at radius 3 is 2.62 bits per heavy atom. The smallest absolute Gasteiger partial charge is 0.306 e. The van der Waals surface area contributed by atoms with Gasteiger partial charge in [0.1, 0.15) is 6.35 Å². The second kappa shape index (κ2) is 6.13. The highest BCUT2D eigenvalue weighted by molar-refractivity contribution is 7.57. The van der Waals surface area contributed by atoms with E-state index in [1.807, 2.05) is 0 Å². The molecule has 0 saturated heterocycles. The Hall–Kier alpha value is -0.380. The molecule has 0 aromatic carbocycles. The fraction of sp³-hybridized carbons (Fsp3) is 0.857. The zero-order valence-electron chi connectivity index (χ0n) is 7.86. The van der Waals surface area contributed by atoms with Crippen LogP contribution in [0.4, 0.5) is 0 Å². The van der Waals surface area contributed by atoms with Crippen molar-refractivity contribution in [2.75, 3.05) is 26.2 Å². The summed E-state index contributed by atoms with van der Waals surface area (Å²) in [4.78, 5) is 19.8. The van der Waals surface area contributed by atoms with E-state index in [-0.39, 0.29) is 18.9 Å². The van der Waals surface area contributed by atoms with E-state index in [0.717, 1.165) is 0 Å². The van der Waals surface area contributed by atoms with Crippen LogP contribution < -0.4 is 0 Å². The van der Waals surface area contributed by atoms with Crippen molar-refractivity contribution >= 4 is 13.3 Å². The van der Waals surface area contributed by atoms with Crippen LogP contribution in [-0.4, -0.2) is 37.1 Å². The number of carbonyl (C=O) groups is 1. The fourth-order valence-electron chi connectivity index (χ4n) is 0.667. The SMILES string of the molecule is CCOCP(=O)(O)CCC(=O)OC. The molecular formula is C7H15O5P. The standard InChI is InChI=1S/C7H15O5P/c1-3-12-6-13(9,10)5-4-7(8)11-2/h3-6H2,1-2H3,(H,9,10). The highest BCUT2D eigenvalue weighted by Gasteiger charge is 2.19. The lowest BCUT2D eigenvalue weighted by atomic mass is 10.5. The van der Waals surface area contributed by atoms with Gasteiger partial charge in [-0.3, -0.25) is 9.36 Å². The Kier molecular flexibility index (Phi) is 5.95. The molecule has 0 aromatic heterocycles. The van der Waals surface area contributed by atoms with Gasteiger partial charge < -0.3 is 14.4 Å². The Morgan fingerprint density at radius 1 is 1.54 bits per heavy atom. The topological polar surface area (TPSA) is 72.8 Å². The third-order valence-electron chi connectivity index (χ3n) is 1.39. The molecule has 1 atom stereocenters. The highest BCUT2D eigenvalue weighted by atomic mass is 31.2. The van der Waals surface area contributed by atoms with Crippen molar-refractivity contribution in [1.29, 1.82) is 0 Å². The van der Waals surface area contributed by atoms with E-state index in [1.54, 1.807) is 6.92 Å². The van der Waals surface area contributed by atoms with Gasteiger partial charge in [-0.25, -0.2) is 0 Å². The molecule has 0 aliphatic carbocycles. The number of carbonyl (C=O) groups excluding carboxylic acids is 1. The van der Waals surface area contributed by atoms with Crippen LogP contribution in [0.1, 0.15) is 13.3 Å². The van der Waals surface area contributed by atoms with Gasteiger partial charge in [-0.1, -0.05) is 0 Å². The van der Waals surface area contributed by atoms with E-state index >= 15 is 0 Å². The first-order valence-corrected chi connectivity index (χ1v) is 6.00. The van der Waals surface area contributed by atoms with Crippen molar-refractivity contribution in [1.82, 2.24) is 0 Å². The maximum atomic E-state index is 11.2. The molecule has 0 amide bonds. The molecule has 0 rings (SSSR count). The van der Waals surface area contributed by atoms with Gasteiger partial charge >= 0.3 is 5.97 Å². The van der Waals surface area contributed by atoms with E-state index in [9.17, 15) is 14.3 Å². The van der Waals surface area contributed by atoms with Crippen LogP contribution in [0.25, 0.3) is 0 Å². The zero-order valence-corrected chi connectivity index (χ0v) is 8.75. The van der Waals surface area contributed by atoms with Gasteiger partial charge in [0.2, 0.25) is 7.37 Å². The number of hydrogen-bond donors (Lipinski definition) is 1. The minimum Gasteiger partial charge on any atom is -0.469 e. The molecule has 1 unspecified atom stereocenters. The molecule has 0 aliphatic heterocycles. The Morgan fingerprint density at radius 2 is 2.15 bits per heavy atom. The third-order valence-corrected chi connectivity index (χ3v) is 2.90. The van der Waals surface area contributed by atoms with Crippen LogP contribution in [0, 0.1) is 0 Å². The van der Waals surface area contributed by atoms with E-state index in [1.165, 1.54) is 7.11 Å². The lowest BCUT2D eigenvalue weighted by molar-refractivity contribution is -0.140. The summed E-state index contributed by atoms with van der Waals surface area (Å²) in [6.07, 6.45) is -0.322. The second-order valence-corrected chi connectivity index (χ2v) is 4.92. The summed E-state index contributed by atoms with van der Waals surface area (Å²) >= 11 is 0. The van der Waals surface area contributed by atoms with E-state index in [2.05, 4.69) is 4.74 Å². The maximum Gasteiger partial charge on any atom is 0.306 e. The summed E-state index contributed by atoms with van der Waals surface area (Å²) in [5.74, 6) is -0.481. The molecule has 0 heterocycles. The molecule has 13 heavy (non-hydrogen) atoms. The van der Waals surface area contributed by atoms with Crippen LogP contribution >= 0.6 is 7.37 Å². The molecule has 1 N–H and O–H groups in total. The first kappa shape index (κ1) is 12.6. The van der Waals surface area contributed by atoms with Gasteiger partial charge in [0.25, 0.3) is 0 Å². The molecule has 0 fully saturated rings. The van der Waals surface area contributed by atoms with Crippen LogP contribution in [0.5, 0.6) is 0 Å². The van der Waals surface area contributed by atoms with Gasteiger partial charge in [0.05, 0.1) is 13.5 Å². The summed E-state index contributed by atoms with van der Waals surface area (Å²) in [6.45, 7) is 2.13. The van der Waals surface area contributed by atoms with Gasteiger partial charge in [0, 0.05) is 12.8 Å². The van der Waals surface area contributed by atoms with Crippen molar-refractivity contribution in [2.24, 2.45) is 0 Å². The summed E-state index contributed by atoms with van der Waals surface area (Å²) < 4.78 is 20.4. The lowest BCUT2D eigenvalue weighted by Gasteiger charge is -2.09. The molecule has 0 aliphatic rings. The molecule has 78 valence electrons. The predicted molar refractivity (Wildman–Crippen MR) is 47.8 cm³/mol. The second-order valence-electron chi connectivity index (χ2n) is 2.52. The van der Waals surface area contributed by atoms with Gasteiger partial charge in [-0.2, -0.15) is 0 Å². The normalized spacial score (nSPS) is 15.0. The van der Waals surface area contributed by atoms with Crippen molar-refractivity contribution in [3.8, 4) is 0 Å². The average molecular weight is 210 g/mol. The van der Waals surface area contributed by atoms with Gasteiger partial charge in [-0.05, 0) is 6.92 Å². The molecule has 0 saturated carbocycles. The van der Waals surface area contributed by atoms with E-state index in [4.69, 9.17) is 4.74 Å². The fourth-order valence-corrected chi connectivity index (χ4v) is 1.80. The van der Waals surface area contributed by atoms with Crippen LogP contribution in [0.15, 0.2) is 0 Å². The number of methoxy groups -OCH3 is 1. The van der Waals surface area contributed by atoms with Crippen LogP contribution in [0.2, 0.25) is 0 Å². The largest absolute Gasteiger partial charge is 0.469 e. The summed E-state index contributed by atoms with van der Waals surface area (Å²) in [5.41, 5.74) is 0. The summed E-state index contributed by atoms with van der Waals surface area (Å²) in [6, 6.07) is 0. The summed E-state index contributed by atoms with van der Waals surface area (Å²) in [5, 5.41) is 0. The van der Waals surface area contributed by atoms with Gasteiger partial charge in [-0.15, -0.1) is 0 Å². The first-order valence-electron chi connectivity index (χ1n) is 3.97. The van der Waals surface area contributed by atoms with Crippen molar-refractivity contribution < 1.29 is 23.7 Å². The summed E-state index contributed by atoms with van der Waals surface area (Å²) in [7, 11) is -2.06. The number of ether oxygens (including phenoxy) is 2. The van der Waals surface area contributed by atoms with Crippen LogP contribution in [-0.2, 0) is 18.8 Å². The Bertz CT molecular complexity index is 203. The molecule has 0 radical (unpaired) electrons. The Balaban J connectivity index is 3.75. The maximum absolute atomic E-state index is 11.2. The molecular weight excluding hydrogens is 195 g/mol. The number of esters is 1. The third kappa shape index (κ3) is 6.75. The Labute approximate surface area is 77.5 Å². The molecule has 0 aromatic rings.